The van der Waals surface area contributed by atoms with Crippen molar-refractivity contribution in [3.05, 3.63) is 39.2 Å². The predicted molar refractivity (Wildman–Crippen MR) is 66.0 cm³/mol. The fraction of sp³-hybridized carbons (Fsp3) is 0.364. The van der Waals surface area contributed by atoms with Crippen molar-refractivity contribution >= 4 is 27.6 Å². The number of rotatable bonds is 5. The van der Waals surface area contributed by atoms with Gasteiger partial charge in [-0.3, -0.25) is 14.9 Å². The van der Waals surface area contributed by atoms with Crippen LogP contribution in [-0.2, 0) is 21.3 Å². The molecule has 0 unspecified atom stereocenters. The van der Waals surface area contributed by atoms with Crippen LogP contribution in [0.1, 0.15) is 18.1 Å². The molecule has 0 aliphatic carbocycles. The third-order valence-electron chi connectivity index (χ3n) is 2.23. The van der Waals surface area contributed by atoms with Gasteiger partial charge in [0.1, 0.15) is 5.82 Å². The topological polar surface area (TPSA) is 69.4 Å². The molecule has 7 heteroatoms. The van der Waals surface area contributed by atoms with Gasteiger partial charge < -0.3 is 4.74 Å². The molecule has 0 spiro atoms. The van der Waals surface area contributed by atoms with E-state index in [1.165, 1.54) is 6.07 Å². The highest BCUT2D eigenvalue weighted by molar-refractivity contribution is 9.08. The number of carbonyl (C=O) groups excluding carboxylic acids is 1. The second-order valence-electron chi connectivity index (χ2n) is 3.44. The van der Waals surface area contributed by atoms with E-state index in [-0.39, 0.29) is 29.5 Å². The summed E-state index contributed by atoms with van der Waals surface area (Å²) in [5.41, 5.74) is -0.000508. The van der Waals surface area contributed by atoms with Gasteiger partial charge in [0.25, 0.3) is 5.69 Å². The first-order valence-corrected chi connectivity index (χ1v) is 6.29. The van der Waals surface area contributed by atoms with Crippen LogP contribution in [0.15, 0.2) is 12.1 Å². The fourth-order valence-corrected chi connectivity index (χ4v) is 1.87. The zero-order valence-corrected chi connectivity index (χ0v) is 11.2. The van der Waals surface area contributed by atoms with E-state index in [0.29, 0.717) is 0 Å². The molecule has 5 nitrogen and oxygen atoms in total. The van der Waals surface area contributed by atoms with Crippen molar-refractivity contribution in [2.45, 2.75) is 18.7 Å². The molecule has 0 bridgehead atoms. The van der Waals surface area contributed by atoms with Gasteiger partial charge in [-0.2, -0.15) is 0 Å². The standard InChI is InChI=1S/C11H11BrFNO4/c1-2-18-11(15)4-7-3-8(6-12)9(13)5-10(7)14(16)17/h3,5H,2,4,6H2,1H3. The summed E-state index contributed by atoms with van der Waals surface area (Å²) in [5, 5.41) is 11.0. The Morgan fingerprint density at radius 3 is 2.67 bits per heavy atom. The van der Waals surface area contributed by atoms with Crippen molar-refractivity contribution in [1.82, 2.24) is 0 Å². The quantitative estimate of drug-likeness (QED) is 0.362. The Bertz CT molecular complexity index is 478. The lowest BCUT2D eigenvalue weighted by Crippen LogP contribution is -2.10. The Kier molecular flexibility index (Phi) is 5.21. The molecule has 1 rings (SSSR count). The fourth-order valence-electron chi connectivity index (χ4n) is 1.44. The van der Waals surface area contributed by atoms with Crippen LogP contribution in [0.25, 0.3) is 0 Å². The largest absolute Gasteiger partial charge is 0.466 e. The molecular weight excluding hydrogens is 309 g/mol. The lowest BCUT2D eigenvalue weighted by atomic mass is 10.1. The minimum Gasteiger partial charge on any atom is -0.466 e. The number of hydrogen-bond acceptors (Lipinski definition) is 4. The highest BCUT2D eigenvalue weighted by Gasteiger charge is 2.20. The van der Waals surface area contributed by atoms with Gasteiger partial charge in [-0.15, -0.1) is 0 Å². The first kappa shape index (κ1) is 14.6. The van der Waals surface area contributed by atoms with Gasteiger partial charge in [0.05, 0.1) is 24.0 Å². The van der Waals surface area contributed by atoms with E-state index >= 15 is 0 Å². The molecule has 1 aromatic carbocycles. The molecule has 0 saturated carbocycles. The summed E-state index contributed by atoms with van der Waals surface area (Å²) in [6.45, 7) is 1.83. The number of nitro benzene ring substituents is 1. The minimum absolute atomic E-state index is 0.148. The predicted octanol–water partition coefficient (Wildman–Crippen LogP) is 2.73. The highest BCUT2D eigenvalue weighted by atomic mass is 79.9. The third kappa shape index (κ3) is 3.49. The van der Waals surface area contributed by atoms with E-state index in [4.69, 9.17) is 4.74 Å². The van der Waals surface area contributed by atoms with Crippen LogP contribution >= 0.6 is 15.9 Å². The number of carbonyl (C=O) groups is 1. The van der Waals surface area contributed by atoms with Crippen LogP contribution in [0.4, 0.5) is 10.1 Å². The van der Waals surface area contributed by atoms with Crippen molar-refractivity contribution in [3.63, 3.8) is 0 Å². The molecule has 0 aliphatic heterocycles. The van der Waals surface area contributed by atoms with Crippen LogP contribution in [0.3, 0.4) is 0 Å². The molecule has 0 saturated heterocycles. The van der Waals surface area contributed by atoms with Crippen molar-refractivity contribution in [2.24, 2.45) is 0 Å². The van der Waals surface area contributed by atoms with E-state index < -0.39 is 22.4 Å². The van der Waals surface area contributed by atoms with E-state index in [9.17, 15) is 19.3 Å². The number of esters is 1. The first-order valence-electron chi connectivity index (χ1n) is 5.16. The van der Waals surface area contributed by atoms with Gasteiger partial charge in [-0.25, -0.2) is 4.39 Å². The lowest BCUT2D eigenvalue weighted by molar-refractivity contribution is -0.385. The zero-order chi connectivity index (χ0) is 13.7. The number of halogens is 2. The van der Waals surface area contributed by atoms with Gasteiger partial charge in [0.2, 0.25) is 0 Å². The molecule has 0 N–H and O–H groups in total. The van der Waals surface area contributed by atoms with Crippen LogP contribution in [-0.4, -0.2) is 17.5 Å². The number of nitrogens with zero attached hydrogens (tertiary/aromatic N) is 1. The maximum atomic E-state index is 13.4. The van der Waals surface area contributed by atoms with Gasteiger partial charge in [-0.1, -0.05) is 15.9 Å². The second-order valence-corrected chi connectivity index (χ2v) is 4.01. The Morgan fingerprint density at radius 1 is 1.50 bits per heavy atom. The van der Waals surface area contributed by atoms with Gasteiger partial charge in [-0.05, 0) is 18.6 Å². The van der Waals surface area contributed by atoms with Crippen molar-refractivity contribution in [1.29, 1.82) is 0 Å². The summed E-state index contributed by atoms with van der Waals surface area (Å²) in [6.07, 6.45) is -0.246. The molecule has 0 amide bonds. The molecule has 0 aliphatic rings. The van der Waals surface area contributed by atoms with E-state index in [1.807, 2.05) is 0 Å². The van der Waals surface area contributed by atoms with Gasteiger partial charge >= 0.3 is 5.97 Å². The van der Waals surface area contributed by atoms with Crippen molar-refractivity contribution < 1.29 is 18.8 Å². The Hall–Kier alpha value is -1.50. The number of nitro groups is 1. The smallest absolute Gasteiger partial charge is 0.310 e. The summed E-state index contributed by atoms with van der Waals surface area (Å²) in [7, 11) is 0. The monoisotopic (exact) mass is 319 g/mol. The second kappa shape index (κ2) is 6.44. The summed E-state index contributed by atoms with van der Waals surface area (Å²) in [6, 6.07) is 2.13. The average Bonchev–Trinajstić information content (AvgIpc) is 2.30. The van der Waals surface area contributed by atoms with Crippen molar-refractivity contribution in [2.75, 3.05) is 6.61 Å². The van der Waals surface area contributed by atoms with Crippen LogP contribution < -0.4 is 0 Å². The van der Waals surface area contributed by atoms with Crippen LogP contribution in [0, 0.1) is 15.9 Å². The maximum absolute atomic E-state index is 13.4. The summed E-state index contributed by atoms with van der Waals surface area (Å²) in [5.74, 6) is -1.25. The molecule has 0 atom stereocenters. The van der Waals surface area contributed by atoms with Gasteiger partial charge in [0, 0.05) is 10.9 Å². The summed E-state index contributed by atoms with van der Waals surface area (Å²) < 4.78 is 18.1. The van der Waals surface area contributed by atoms with Crippen molar-refractivity contribution in [3.8, 4) is 0 Å². The number of benzene rings is 1. The third-order valence-corrected chi connectivity index (χ3v) is 2.83. The average molecular weight is 320 g/mol. The zero-order valence-electron chi connectivity index (χ0n) is 9.61. The van der Waals surface area contributed by atoms with Gasteiger partial charge in [0.15, 0.2) is 0 Å². The summed E-state index contributed by atoms with van der Waals surface area (Å²) in [4.78, 5) is 21.4. The molecule has 0 radical (unpaired) electrons. The van der Waals surface area contributed by atoms with Crippen LogP contribution in [0.5, 0.6) is 0 Å². The van der Waals surface area contributed by atoms with Crippen LogP contribution in [0.2, 0.25) is 0 Å². The number of alkyl halides is 1. The molecule has 98 valence electrons. The summed E-state index contributed by atoms with van der Waals surface area (Å²) >= 11 is 3.08. The van der Waals surface area contributed by atoms with E-state index in [1.54, 1.807) is 6.92 Å². The lowest BCUT2D eigenvalue weighted by Gasteiger charge is -2.06. The highest BCUT2D eigenvalue weighted by Crippen LogP contribution is 2.25. The normalized spacial score (nSPS) is 10.2. The molecule has 1 aromatic rings. The van der Waals surface area contributed by atoms with E-state index in [0.717, 1.165) is 6.07 Å². The molecule has 0 fully saturated rings. The molecule has 0 aromatic heterocycles. The first-order chi connectivity index (χ1) is 8.49. The molecular formula is C11H11BrFNO4. The Labute approximate surface area is 111 Å². The maximum Gasteiger partial charge on any atom is 0.310 e. The Morgan fingerprint density at radius 2 is 2.17 bits per heavy atom. The molecule has 0 heterocycles. The van der Waals surface area contributed by atoms with E-state index in [2.05, 4.69) is 15.9 Å². The SMILES string of the molecule is CCOC(=O)Cc1cc(CBr)c(F)cc1[N+](=O)[O-]. The number of ether oxygens (including phenoxy) is 1. The molecule has 18 heavy (non-hydrogen) atoms. The Balaban J connectivity index is 3.14. The number of hydrogen-bond donors (Lipinski definition) is 0. The minimum atomic E-state index is -0.713.